The van der Waals surface area contributed by atoms with Gasteiger partial charge in [0.1, 0.15) is 17.1 Å². The van der Waals surface area contributed by atoms with Crippen LogP contribution in [0.25, 0.3) is 17.0 Å². The molecular formula is C18H17BrN4OS. The average molecular weight is 417 g/mol. The number of aromatic hydroxyl groups is 1. The van der Waals surface area contributed by atoms with E-state index in [1.165, 1.54) is 16.9 Å². The van der Waals surface area contributed by atoms with E-state index in [1.54, 1.807) is 18.2 Å². The summed E-state index contributed by atoms with van der Waals surface area (Å²) in [7, 11) is 0. The summed E-state index contributed by atoms with van der Waals surface area (Å²) in [5, 5.41) is 15.6. The summed E-state index contributed by atoms with van der Waals surface area (Å²) in [4.78, 5) is 9.31. The number of pyridine rings is 1. The molecule has 5 nitrogen and oxygen atoms in total. The minimum Gasteiger partial charge on any atom is -0.508 e. The Bertz CT molecular complexity index is 1040. The van der Waals surface area contributed by atoms with Crippen LogP contribution in [0.15, 0.2) is 48.0 Å². The Labute approximate surface area is 159 Å². The van der Waals surface area contributed by atoms with Crippen LogP contribution in [0.2, 0.25) is 0 Å². The molecule has 0 radical (unpaired) electrons. The van der Waals surface area contributed by atoms with Gasteiger partial charge in [-0.15, -0.1) is 28.3 Å². The molecule has 3 aromatic heterocycles. The lowest BCUT2D eigenvalue weighted by Gasteiger charge is -2.03. The maximum Gasteiger partial charge on any atom is 0.187 e. The highest BCUT2D eigenvalue weighted by atomic mass is 79.9. The lowest BCUT2D eigenvalue weighted by molar-refractivity contribution is 0.475. The van der Waals surface area contributed by atoms with Gasteiger partial charge >= 0.3 is 0 Å². The third kappa shape index (κ3) is 3.38. The van der Waals surface area contributed by atoms with Crippen LogP contribution in [0, 0.1) is 13.8 Å². The number of halogens is 1. The third-order valence-electron chi connectivity index (χ3n) is 3.80. The molecule has 0 aliphatic carbocycles. The van der Waals surface area contributed by atoms with Crippen molar-refractivity contribution in [2.24, 2.45) is 0 Å². The molecule has 0 aliphatic heterocycles. The predicted octanol–water partition coefficient (Wildman–Crippen LogP) is 5.10. The molecule has 0 saturated heterocycles. The fourth-order valence-corrected chi connectivity index (χ4v) is 3.44. The molecule has 4 rings (SSSR count). The molecule has 3 heterocycles. The number of imidazole rings is 1. The van der Waals surface area contributed by atoms with E-state index in [0.717, 1.165) is 33.5 Å². The van der Waals surface area contributed by atoms with E-state index in [4.69, 9.17) is 0 Å². The summed E-state index contributed by atoms with van der Waals surface area (Å²) in [5.41, 5.74) is 5.76. The van der Waals surface area contributed by atoms with Crippen molar-refractivity contribution in [1.82, 2.24) is 14.4 Å². The quantitative estimate of drug-likeness (QED) is 0.487. The first-order valence-electron chi connectivity index (χ1n) is 7.57. The molecule has 4 aromatic rings. The summed E-state index contributed by atoms with van der Waals surface area (Å²) in [6, 6.07) is 11.1. The van der Waals surface area contributed by atoms with E-state index in [-0.39, 0.29) is 22.7 Å². The molecule has 7 heteroatoms. The number of nitrogens with zero attached hydrogens (tertiary/aromatic N) is 3. The van der Waals surface area contributed by atoms with Crippen LogP contribution in [0.5, 0.6) is 5.75 Å². The Morgan fingerprint density at radius 3 is 2.76 bits per heavy atom. The summed E-state index contributed by atoms with van der Waals surface area (Å²) in [6.45, 7) is 4.06. The number of aryl methyl sites for hydroxylation is 2. The molecule has 0 aliphatic rings. The number of aromatic nitrogens is 3. The first-order chi connectivity index (χ1) is 11.6. The van der Waals surface area contributed by atoms with Crippen molar-refractivity contribution >= 4 is 44.8 Å². The molecule has 0 bridgehead atoms. The van der Waals surface area contributed by atoms with Gasteiger partial charge in [-0.3, -0.25) is 4.40 Å². The zero-order valence-corrected chi connectivity index (χ0v) is 16.3. The van der Waals surface area contributed by atoms with Crippen molar-refractivity contribution < 1.29 is 5.11 Å². The number of rotatable bonds is 3. The zero-order chi connectivity index (χ0) is 16.7. The molecule has 0 saturated carbocycles. The summed E-state index contributed by atoms with van der Waals surface area (Å²) >= 11 is 1.52. The second-order valence-corrected chi connectivity index (χ2v) is 6.55. The Balaban J connectivity index is 0.00000182. The molecule has 128 valence electrons. The van der Waals surface area contributed by atoms with E-state index < -0.39 is 0 Å². The van der Waals surface area contributed by atoms with Crippen molar-refractivity contribution in [2.75, 3.05) is 5.32 Å². The van der Waals surface area contributed by atoms with Gasteiger partial charge in [0, 0.05) is 23.3 Å². The Kier molecular flexibility index (Phi) is 4.78. The number of nitrogens with one attached hydrogen (secondary N) is 1. The van der Waals surface area contributed by atoms with Crippen molar-refractivity contribution in [2.45, 2.75) is 13.8 Å². The van der Waals surface area contributed by atoms with E-state index in [9.17, 15) is 5.11 Å². The number of hydrogen-bond acceptors (Lipinski definition) is 5. The van der Waals surface area contributed by atoms with E-state index in [2.05, 4.69) is 38.7 Å². The lowest BCUT2D eigenvalue weighted by atomic mass is 10.2. The minimum absolute atomic E-state index is 0. The zero-order valence-electron chi connectivity index (χ0n) is 13.7. The van der Waals surface area contributed by atoms with Crippen LogP contribution in [-0.4, -0.2) is 19.5 Å². The van der Waals surface area contributed by atoms with Crippen LogP contribution in [0.3, 0.4) is 0 Å². The number of hydrogen-bond donors (Lipinski definition) is 2. The first-order valence-corrected chi connectivity index (χ1v) is 8.45. The number of thiazole rings is 1. The van der Waals surface area contributed by atoms with Gasteiger partial charge in [0.05, 0.1) is 11.4 Å². The molecule has 2 N–H and O–H groups in total. The fourth-order valence-electron chi connectivity index (χ4n) is 2.72. The Morgan fingerprint density at radius 2 is 1.96 bits per heavy atom. The number of phenols is 1. The molecular weight excluding hydrogens is 400 g/mol. The van der Waals surface area contributed by atoms with Crippen LogP contribution in [0.1, 0.15) is 11.3 Å². The Hall–Kier alpha value is -2.38. The second kappa shape index (κ2) is 6.85. The van der Waals surface area contributed by atoms with Gasteiger partial charge in [-0.1, -0.05) is 6.07 Å². The topological polar surface area (TPSA) is 62.5 Å². The lowest BCUT2D eigenvalue weighted by Crippen LogP contribution is -1.92. The highest BCUT2D eigenvalue weighted by Gasteiger charge is 2.14. The molecule has 0 atom stereocenters. The second-order valence-electron chi connectivity index (χ2n) is 5.69. The summed E-state index contributed by atoms with van der Waals surface area (Å²) in [5.74, 6) is 0.227. The van der Waals surface area contributed by atoms with Gasteiger partial charge in [0.25, 0.3) is 0 Å². The number of fused-ring (bicyclic) bond motifs is 1. The van der Waals surface area contributed by atoms with Crippen LogP contribution >= 0.6 is 28.3 Å². The number of phenolic OH excluding ortho intramolecular Hbond substituents is 1. The molecule has 1 aromatic carbocycles. The van der Waals surface area contributed by atoms with Gasteiger partial charge in [0.2, 0.25) is 0 Å². The van der Waals surface area contributed by atoms with Crippen molar-refractivity contribution in [3.63, 3.8) is 0 Å². The number of anilines is 2. The van der Waals surface area contributed by atoms with Gasteiger partial charge in [-0.25, -0.2) is 9.97 Å². The Morgan fingerprint density at radius 1 is 1.12 bits per heavy atom. The highest BCUT2D eigenvalue weighted by Crippen LogP contribution is 2.30. The van der Waals surface area contributed by atoms with Gasteiger partial charge in [-0.2, -0.15) is 0 Å². The van der Waals surface area contributed by atoms with E-state index >= 15 is 0 Å². The molecule has 25 heavy (non-hydrogen) atoms. The van der Waals surface area contributed by atoms with Crippen LogP contribution < -0.4 is 5.32 Å². The normalized spacial score (nSPS) is 10.6. The fraction of sp³-hybridized carbons (Fsp3) is 0.111. The standard InChI is InChI=1S/C18H16N4OS.BrH/c1-11-6-7-22-16(8-11)19-12(2)17(22)15-10-24-18(21-15)20-13-4-3-5-14(23)9-13;/h3-10,23H,1-2H3,(H,20,21);1H. The maximum atomic E-state index is 9.56. The predicted molar refractivity (Wildman–Crippen MR) is 107 cm³/mol. The maximum absolute atomic E-state index is 9.56. The van der Waals surface area contributed by atoms with Gasteiger partial charge < -0.3 is 10.4 Å². The van der Waals surface area contributed by atoms with Gasteiger partial charge in [-0.05, 0) is 43.7 Å². The van der Waals surface area contributed by atoms with E-state index in [0.29, 0.717) is 0 Å². The van der Waals surface area contributed by atoms with Crippen molar-refractivity contribution in [1.29, 1.82) is 0 Å². The molecule has 0 amide bonds. The molecule has 0 unspecified atom stereocenters. The van der Waals surface area contributed by atoms with Crippen LogP contribution in [0.4, 0.5) is 10.8 Å². The first kappa shape index (κ1) is 17.4. The summed E-state index contributed by atoms with van der Waals surface area (Å²) < 4.78 is 2.06. The average Bonchev–Trinajstić information content (AvgIpc) is 3.10. The van der Waals surface area contributed by atoms with Crippen LogP contribution in [-0.2, 0) is 0 Å². The molecule has 0 fully saturated rings. The minimum atomic E-state index is 0. The smallest absolute Gasteiger partial charge is 0.187 e. The number of benzene rings is 1. The molecule has 0 spiro atoms. The third-order valence-corrected chi connectivity index (χ3v) is 4.56. The van der Waals surface area contributed by atoms with Crippen molar-refractivity contribution in [3.05, 3.63) is 59.2 Å². The summed E-state index contributed by atoms with van der Waals surface area (Å²) in [6.07, 6.45) is 2.03. The van der Waals surface area contributed by atoms with Crippen molar-refractivity contribution in [3.8, 4) is 17.1 Å². The monoisotopic (exact) mass is 416 g/mol. The highest BCUT2D eigenvalue weighted by molar-refractivity contribution is 8.93. The largest absolute Gasteiger partial charge is 0.508 e. The van der Waals surface area contributed by atoms with Gasteiger partial charge in [0.15, 0.2) is 5.13 Å². The SMILES string of the molecule is Br.Cc1ccn2c(-c3csc(Nc4cccc(O)c4)n3)c(C)nc2c1. The van der Waals surface area contributed by atoms with E-state index in [1.807, 2.05) is 24.6 Å².